The van der Waals surface area contributed by atoms with Crippen LogP contribution in [-0.2, 0) is 0 Å². The van der Waals surface area contributed by atoms with Crippen LogP contribution in [0.5, 0.6) is 5.75 Å². The summed E-state index contributed by atoms with van der Waals surface area (Å²) >= 11 is 1.78. The van der Waals surface area contributed by atoms with Crippen LogP contribution in [0.4, 0.5) is 4.39 Å². The molecule has 0 aliphatic carbocycles. The summed E-state index contributed by atoms with van der Waals surface area (Å²) in [6.45, 7) is 3.01. The van der Waals surface area contributed by atoms with Crippen LogP contribution in [0, 0.1) is 11.8 Å². The maximum absolute atomic E-state index is 15.3. The van der Waals surface area contributed by atoms with E-state index in [0.717, 1.165) is 54.0 Å². The van der Waals surface area contributed by atoms with E-state index in [0.29, 0.717) is 23.7 Å². The number of benzene rings is 1. The van der Waals surface area contributed by atoms with Crippen molar-refractivity contribution in [3.8, 4) is 5.75 Å². The number of aliphatic hydroxyl groups is 1. The van der Waals surface area contributed by atoms with Crippen LogP contribution in [0.25, 0.3) is 10.9 Å². The number of alkyl halides is 1. The van der Waals surface area contributed by atoms with Crippen molar-refractivity contribution in [2.75, 3.05) is 39.1 Å². The number of thioether (sulfide) groups is 1. The molecule has 4 rings (SSSR count). The Hall–Kier alpha value is -2.09. The molecule has 32 heavy (non-hydrogen) atoms. The highest BCUT2D eigenvalue weighted by Gasteiger charge is 2.29. The van der Waals surface area contributed by atoms with Gasteiger partial charge in [-0.2, -0.15) is 0 Å². The molecule has 3 heterocycles. The number of ether oxygens (including phenoxy) is 1. The lowest BCUT2D eigenvalue weighted by Crippen LogP contribution is -2.43. The smallest absolute Gasteiger partial charge is 0.126 e. The number of hydrogen-bond acceptors (Lipinski definition) is 6. The van der Waals surface area contributed by atoms with Crippen LogP contribution < -0.4 is 4.74 Å². The molecular weight excluding hydrogens is 427 g/mol. The van der Waals surface area contributed by atoms with Gasteiger partial charge in [-0.15, -0.1) is 11.8 Å². The van der Waals surface area contributed by atoms with E-state index >= 15 is 4.39 Å². The molecule has 1 aliphatic heterocycles. The summed E-state index contributed by atoms with van der Waals surface area (Å²) in [6.07, 6.45) is 6.30. The lowest BCUT2D eigenvalue weighted by atomic mass is 9.81. The number of furan rings is 1. The number of pyridine rings is 1. The minimum absolute atomic E-state index is 0.155. The number of aliphatic hydroxyl groups excluding tert-OH is 1. The molecular formula is C25H31FN2O3S. The van der Waals surface area contributed by atoms with E-state index in [-0.39, 0.29) is 12.5 Å². The zero-order valence-corrected chi connectivity index (χ0v) is 19.3. The normalized spacial score (nSPS) is 20.5. The van der Waals surface area contributed by atoms with Gasteiger partial charge in [0.05, 0.1) is 18.9 Å². The van der Waals surface area contributed by atoms with Gasteiger partial charge in [-0.1, -0.05) is 0 Å². The van der Waals surface area contributed by atoms with Crippen molar-refractivity contribution in [2.24, 2.45) is 11.8 Å². The number of piperidine rings is 1. The highest BCUT2D eigenvalue weighted by atomic mass is 32.2. The summed E-state index contributed by atoms with van der Waals surface area (Å²) in [5.74, 6) is 2.24. The van der Waals surface area contributed by atoms with Crippen LogP contribution in [0.1, 0.15) is 31.0 Å². The Morgan fingerprint density at radius 2 is 2.22 bits per heavy atom. The molecule has 0 saturated carbocycles. The van der Waals surface area contributed by atoms with Crippen molar-refractivity contribution in [1.29, 1.82) is 0 Å². The zero-order valence-electron chi connectivity index (χ0n) is 18.5. The molecule has 1 fully saturated rings. The van der Waals surface area contributed by atoms with Crippen LogP contribution >= 0.6 is 11.8 Å². The average molecular weight is 459 g/mol. The number of likely N-dealkylation sites (tertiary alicyclic amines) is 1. The van der Waals surface area contributed by atoms with Crippen LogP contribution in [0.2, 0.25) is 0 Å². The molecule has 1 aliphatic rings. The molecule has 3 aromatic rings. The van der Waals surface area contributed by atoms with E-state index < -0.39 is 6.17 Å². The van der Waals surface area contributed by atoms with Gasteiger partial charge in [0.15, 0.2) is 0 Å². The topological polar surface area (TPSA) is 58.7 Å². The number of rotatable bonds is 10. The molecule has 1 saturated heterocycles. The lowest BCUT2D eigenvalue weighted by Gasteiger charge is -2.38. The van der Waals surface area contributed by atoms with Gasteiger partial charge in [0.1, 0.15) is 18.2 Å². The van der Waals surface area contributed by atoms with E-state index in [1.54, 1.807) is 43.7 Å². The maximum atomic E-state index is 15.3. The predicted octanol–water partition coefficient (Wildman–Crippen LogP) is 5.35. The van der Waals surface area contributed by atoms with E-state index in [2.05, 4.69) is 9.88 Å². The highest BCUT2D eigenvalue weighted by Crippen LogP contribution is 2.35. The predicted molar refractivity (Wildman–Crippen MR) is 126 cm³/mol. The first-order valence-electron chi connectivity index (χ1n) is 11.2. The van der Waals surface area contributed by atoms with E-state index in [1.165, 1.54) is 0 Å². The highest BCUT2D eigenvalue weighted by molar-refractivity contribution is 7.99. The summed E-state index contributed by atoms with van der Waals surface area (Å²) < 4.78 is 25.7. The van der Waals surface area contributed by atoms with Crippen molar-refractivity contribution in [1.82, 2.24) is 9.88 Å². The molecule has 5 nitrogen and oxygen atoms in total. The Morgan fingerprint density at radius 1 is 1.31 bits per heavy atom. The van der Waals surface area contributed by atoms with Crippen molar-refractivity contribution in [2.45, 2.75) is 30.3 Å². The molecule has 0 bridgehead atoms. The van der Waals surface area contributed by atoms with Gasteiger partial charge in [-0.25, -0.2) is 4.39 Å². The molecule has 3 atom stereocenters. The minimum atomic E-state index is -1.06. The third-order valence-corrected chi connectivity index (χ3v) is 7.44. The van der Waals surface area contributed by atoms with Gasteiger partial charge in [0.25, 0.3) is 0 Å². The van der Waals surface area contributed by atoms with Crippen LogP contribution in [0.15, 0.2) is 58.4 Å². The van der Waals surface area contributed by atoms with Crippen molar-refractivity contribution in [3.05, 3.63) is 54.6 Å². The van der Waals surface area contributed by atoms with Crippen molar-refractivity contribution < 1.29 is 18.7 Å². The summed E-state index contributed by atoms with van der Waals surface area (Å²) in [5, 5.41) is 10.8. The molecule has 1 aromatic carbocycles. The molecule has 0 spiro atoms. The van der Waals surface area contributed by atoms with Gasteiger partial charge in [-0.3, -0.25) is 4.98 Å². The molecule has 0 radical (unpaired) electrons. The number of aromatic nitrogens is 1. The zero-order chi connectivity index (χ0) is 22.3. The molecule has 1 unspecified atom stereocenters. The molecule has 172 valence electrons. The maximum Gasteiger partial charge on any atom is 0.126 e. The summed E-state index contributed by atoms with van der Waals surface area (Å²) in [4.78, 5) is 7.92. The van der Waals surface area contributed by atoms with Crippen LogP contribution in [0.3, 0.4) is 0 Å². The number of halogens is 1. The molecule has 2 aromatic heterocycles. The fourth-order valence-electron chi connectivity index (χ4n) is 4.64. The fraction of sp³-hybridized carbons (Fsp3) is 0.480. The molecule has 1 N–H and O–H groups in total. The van der Waals surface area contributed by atoms with Crippen LogP contribution in [-0.4, -0.2) is 54.1 Å². The minimum Gasteiger partial charge on any atom is -0.497 e. The van der Waals surface area contributed by atoms with Gasteiger partial charge < -0.3 is 19.2 Å². The standard InChI is InChI=1S/C25H31FN2O3S/c1-30-20-3-5-25-23(14-20)22(6-9-27-25)24(26)4-2-18-7-10-28(15-19(18)16-29)11-13-32-21-8-12-31-17-21/h3,5-6,8-9,12,14,17-19,24,29H,2,4,7,10-11,13,15-16H2,1H3/t18-,19-,24?/m1/s1. The monoisotopic (exact) mass is 458 g/mol. The molecule has 7 heteroatoms. The van der Waals surface area contributed by atoms with Gasteiger partial charge in [-0.05, 0) is 73.5 Å². The summed E-state index contributed by atoms with van der Waals surface area (Å²) in [6, 6.07) is 9.33. The van der Waals surface area contributed by atoms with Gasteiger partial charge in [0.2, 0.25) is 0 Å². The Morgan fingerprint density at radius 3 is 3.00 bits per heavy atom. The third kappa shape index (κ3) is 5.63. The van der Waals surface area contributed by atoms with Crippen molar-refractivity contribution >= 4 is 22.7 Å². The number of fused-ring (bicyclic) bond motifs is 1. The number of hydrogen-bond donors (Lipinski definition) is 1. The second-order valence-electron chi connectivity index (χ2n) is 8.43. The Labute approximate surface area is 193 Å². The van der Waals surface area contributed by atoms with E-state index in [4.69, 9.17) is 9.15 Å². The van der Waals surface area contributed by atoms with Gasteiger partial charge in [0, 0.05) is 41.9 Å². The first kappa shape index (κ1) is 23.1. The summed E-state index contributed by atoms with van der Waals surface area (Å²) in [5.41, 5.74) is 1.45. The number of nitrogens with zero attached hydrogens (tertiary/aromatic N) is 2. The second kappa shape index (κ2) is 11.2. The first-order valence-corrected chi connectivity index (χ1v) is 12.2. The summed E-state index contributed by atoms with van der Waals surface area (Å²) in [7, 11) is 1.61. The van der Waals surface area contributed by atoms with E-state index in [9.17, 15) is 5.11 Å². The van der Waals surface area contributed by atoms with E-state index in [1.807, 2.05) is 24.3 Å². The largest absolute Gasteiger partial charge is 0.497 e. The average Bonchev–Trinajstić information content (AvgIpc) is 3.35. The second-order valence-corrected chi connectivity index (χ2v) is 9.60. The third-order valence-electron chi connectivity index (χ3n) is 6.49. The first-order chi connectivity index (χ1) is 15.7. The fourth-order valence-corrected chi connectivity index (χ4v) is 5.50. The van der Waals surface area contributed by atoms with Crippen molar-refractivity contribution in [3.63, 3.8) is 0 Å². The SMILES string of the molecule is COc1ccc2nccc(C(F)CC[C@@H]3CCN(CCSc4ccoc4)C[C@@H]3CO)c2c1. The molecule has 0 amide bonds. The Balaban J connectivity index is 1.31. The quantitative estimate of drug-likeness (QED) is 0.413. The van der Waals surface area contributed by atoms with Gasteiger partial charge >= 0.3 is 0 Å². The Kier molecular flexibility index (Phi) is 8.05. The Bertz CT molecular complexity index is 984. The lowest BCUT2D eigenvalue weighted by molar-refractivity contribution is 0.0672. The number of methoxy groups -OCH3 is 1.